The van der Waals surface area contributed by atoms with Crippen molar-refractivity contribution in [3.05, 3.63) is 29.8 Å². The quantitative estimate of drug-likeness (QED) is 0.713. The Labute approximate surface area is 99.3 Å². The smallest absolute Gasteiger partial charge is 0.338 e. The topological polar surface area (TPSA) is 87.0 Å². The van der Waals surface area contributed by atoms with Crippen LogP contribution in [0, 0.1) is 0 Å². The molecule has 1 aromatic rings. The van der Waals surface area contributed by atoms with Crippen LogP contribution in [0.3, 0.4) is 0 Å². The second-order valence-electron chi connectivity index (χ2n) is 3.76. The van der Waals surface area contributed by atoms with Gasteiger partial charge < -0.3 is 20.1 Å². The van der Waals surface area contributed by atoms with Gasteiger partial charge in [-0.2, -0.15) is 0 Å². The van der Waals surface area contributed by atoms with E-state index in [2.05, 4.69) is 0 Å². The molecule has 0 bridgehead atoms. The third-order valence-electron chi connectivity index (χ3n) is 2.79. The Morgan fingerprint density at radius 2 is 1.94 bits per heavy atom. The van der Waals surface area contributed by atoms with Gasteiger partial charge >= 0.3 is 5.97 Å². The predicted molar refractivity (Wildman–Crippen MR) is 60.8 cm³/mol. The van der Waals surface area contributed by atoms with Crippen molar-refractivity contribution in [2.24, 2.45) is 0 Å². The van der Waals surface area contributed by atoms with Crippen molar-refractivity contribution in [3.8, 4) is 5.75 Å². The number of methoxy groups -OCH3 is 1. The van der Waals surface area contributed by atoms with Crippen LogP contribution in [-0.2, 0) is 4.79 Å². The lowest BCUT2D eigenvalue weighted by molar-refractivity contribution is -0.173. The number of aliphatic carboxylic acids is 1. The molecule has 0 radical (unpaired) electrons. The first-order chi connectivity index (χ1) is 7.95. The second kappa shape index (κ2) is 5.16. The molecule has 2 atom stereocenters. The monoisotopic (exact) mass is 240 g/mol. The van der Waals surface area contributed by atoms with Crippen LogP contribution in [0.15, 0.2) is 24.3 Å². The summed E-state index contributed by atoms with van der Waals surface area (Å²) in [6.07, 6.45) is -1.56. The molecule has 1 aromatic carbocycles. The highest BCUT2D eigenvalue weighted by molar-refractivity contribution is 5.78. The van der Waals surface area contributed by atoms with Crippen molar-refractivity contribution >= 4 is 5.97 Å². The lowest BCUT2D eigenvalue weighted by Crippen LogP contribution is -2.43. The van der Waals surface area contributed by atoms with E-state index >= 15 is 0 Å². The third kappa shape index (κ3) is 2.57. The molecular weight excluding hydrogens is 224 g/mol. The number of carboxylic acids is 1. The maximum atomic E-state index is 11.0. The molecule has 0 aliphatic heterocycles. The molecule has 0 heterocycles. The fourth-order valence-corrected chi connectivity index (χ4v) is 1.52. The first-order valence-electron chi connectivity index (χ1n) is 5.23. The Morgan fingerprint density at radius 1 is 1.41 bits per heavy atom. The standard InChI is InChI=1S/C12H16O5/c1-3-12(16,11(14)15)10(13)8-4-6-9(17-2)7-5-8/h4-7,10,13,16H,3H2,1-2H3,(H,14,15)/t10-,12+/m0/s1. The minimum Gasteiger partial charge on any atom is -0.497 e. The molecule has 0 amide bonds. The molecule has 0 spiro atoms. The predicted octanol–water partition coefficient (Wildman–Crippen LogP) is 0.954. The lowest BCUT2D eigenvalue weighted by Gasteiger charge is -2.27. The van der Waals surface area contributed by atoms with E-state index in [1.54, 1.807) is 12.1 Å². The molecule has 0 saturated heterocycles. The molecule has 1 rings (SSSR count). The zero-order valence-corrected chi connectivity index (χ0v) is 9.75. The van der Waals surface area contributed by atoms with Gasteiger partial charge in [0.1, 0.15) is 11.9 Å². The average molecular weight is 240 g/mol. The molecule has 0 unspecified atom stereocenters. The van der Waals surface area contributed by atoms with Crippen LogP contribution < -0.4 is 4.74 Å². The van der Waals surface area contributed by atoms with Crippen LogP contribution in [0.4, 0.5) is 0 Å². The number of benzene rings is 1. The summed E-state index contributed by atoms with van der Waals surface area (Å²) < 4.78 is 4.95. The molecular formula is C12H16O5. The summed E-state index contributed by atoms with van der Waals surface area (Å²) in [6, 6.07) is 6.23. The Morgan fingerprint density at radius 3 is 2.29 bits per heavy atom. The van der Waals surface area contributed by atoms with Crippen LogP contribution in [0.2, 0.25) is 0 Å². The molecule has 17 heavy (non-hydrogen) atoms. The number of aliphatic hydroxyl groups excluding tert-OH is 1. The van der Waals surface area contributed by atoms with Gasteiger partial charge in [-0.25, -0.2) is 4.79 Å². The van der Waals surface area contributed by atoms with Gasteiger partial charge in [0.05, 0.1) is 7.11 Å². The third-order valence-corrected chi connectivity index (χ3v) is 2.79. The van der Waals surface area contributed by atoms with Gasteiger partial charge in [-0.3, -0.25) is 0 Å². The molecule has 0 fully saturated rings. The zero-order chi connectivity index (χ0) is 13.1. The van der Waals surface area contributed by atoms with E-state index in [0.717, 1.165) is 0 Å². The van der Waals surface area contributed by atoms with E-state index in [1.807, 2.05) is 0 Å². The number of aliphatic hydroxyl groups is 2. The van der Waals surface area contributed by atoms with Crippen molar-refractivity contribution < 1.29 is 24.9 Å². The van der Waals surface area contributed by atoms with E-state index in [4.69, 9.17) is 9.84 Å². The van der Waals surface area contributed by atoms with Crippen molar-refractivity contribution in [1.82, 2.24) is 0 Å². The SMILES string of the molecule is CC[C@](O)(C(=O)O)[C@@H](O)c1ccc(OC)cc1. The van der Waals surface area contributed by atoms with Crippen LogP contribution in [0.5, 0.6) is 5.75 Å². The molecule has 0 aliphatic carbocycles. The first kappa shape index (κ1) is 13.5. The average Bonchev–Trinajstić information content (AvgIpc) is 2.36. The van der Waals surface area contributed by atoms with Crippen LogP contribution in [0.25, 0.3) is 0 Å². The molecule has 3 N–H and O–H groups in total. The Kier molecular flexibility index (Phi) is 4.09. The first-order valence-corrected chi connectivity index (χ1v) is 5.23. The highest BCUT2D eigenvalue weighted by Gasteiger charge is 2.42. The number of carboxylic acid groups (broad SMARTS) is 1. The zero-order valence-electron chi connectivity index (χ0n) is 9.75. The van der Waals surface area contributed by atoms with Crippen LogP contribution >= 0.6 is 0 Å². The maximum absolute atomic E-state index is 11.0. The second-order valence-corrected chi connectivity index (χ2v) is 3.76. The van der Waals surface area contributed by atoms with Crippen molar-refractivity contribution in [2.45, 2.75) is 25.0 Å². The maximum Gasteiger partial charge on any atom is 0.338 e. The molecule has 5 heteroatoms. The van der Waals surface area contributed by atoms with Gasteiger partial charge in [-0.15, -0.1) is 0 Å². The Balaban J connectivity index is 3.01. The molecule has 94 valence electrons. The summed E-state index contributed by atoms with van der Waals surface area (Å²) >= 11 is 0. The fraction of sp³-hybridized carbons (Fsp3) is 0.417. The Bertz CT molecular complexity index is 386. The summed E-state index contributed by atoms with van der Waals surface area (Å²) in [6.45, 7) is 1.50. The molecule has 0 aliphatic rings. The van der Waals surface area contributed by atoms with Crippen molar-refractivity contribution in [3.63, 3.8) is 0 Å². The number of carbonyl (C=O) groups is 1. The number of hydrogen-bond acceptors (Lipinski definition) is 4. The summed E-state index contributed by atoms with van der Waals surface area (Å²) in [5.74, 6) is -0.848. The van der Waals surface area contributed by atoms with Crippen molar-refractivity contribution in [2.75, 3.05) is 7.11 Å². The highest BCUT2D eigenvalue weighted by atomic mass is 16.5. The van der Waals surface area contributed by atoms with Gasteiger partial charge in [-0.1, -0.05) is 19.1 Å². The van der Waals surface area contributed by atoms with E-state index in [0.29, 0.717) is 11.3 Å². The van der Waals surface area contributed by atoms with Crippen LogP contribution in [0.1, 0.15) is 25.0 Å². The van der Waals surface area contributed by atoms with Gasteiger partial charge in [-0.05, 0) is 24.1 Å². The Hall–Kier alpha value is -1.59. The van der Waals surface area contributed by atoms with Crippen molar-refractivity contribution in [1.29, 1.82) is 0 Å². The van der Waals surface area contributed by atoms with Gasteiger partial charge in [0.25, 0.3) is 0 Å². The molecule has 0 aromatic heterocycles. The lowest BCUT2D eigenvalue weighted by atomic mass is 9.89. The van der Waals surface area contributed by atoms with E-state index in [1.165, 1.54) is 26.2 Å². The fourth-order valence-electron chi connectivity index (χ4n) is 1.52. The van der Waals surface area contributed by atoms with E-state index in [9.17, 15) is 15.0 Å². The minimum absolute atomic E-state index is 0.0878. The van der Waals surface area contributed by atoms with Gasteiger partial charge in [0, 0.05) is 0 Å². The summed E-state index contributed by atoms with van der Waals surface area (Å²) in [5.41, 5.74) is -1.84. The largest absolute Gasteiger partial charge is 0.497 e. The van der Waals surface area contributed by atoms with Gasteiger partial charge in [0.2, 0.25) is 0 Å². The number of hydrogen-bond donors (Lipinski definition) is 3. The number of rotatable bonds is 5. The van der Waals surface area contributed by atoms with Gasteiger partial charge in [0.15, 0.2) is 5.60 Å². The summed E-state index contributed by atoms with van der Waals surface area (Å²) in [7, 11) is 1.51. The summed E-state index contributed by atoms with van der Waals surface area (Å²) in [4.78, 5) is 11.0. The van der Waals surface area contributed by atoms with E-state index in [-0.39, 0.29) is 6.42 Å². The van der Waals surface area contributed by atoms with E-state index < -0.39 is 17.7 Å². The highest BCUT2D eigenvalue weighted by Crippen LogP contribution is 2.30. The molecule has 0 saturated carbocycles. The number of ether oxygens (including phenoxy) is 1. The minimum atomic E-state index is -2.17. The normalized spacial score (nSPS) is 16.0. The molecule has 5 nitrogen and oxygen atoms in total. The van der Waals surface area contributed by atoms with Crippen LogP contribution in [-0.4, -0.2) is 34.0 Å². The summed E-state index contributed by atoms with van der Waals surface area (Å²) in [5, 5.41) is 28.7.